The van der Waals surface area contributed by atoms with Crippen LogP contribution in [0.15, 0.2) is 73.3 Å². The van der Waals surface area contributed by atoms with Gasteiger partial charge in [-0.25, -0.2) is 9.36 Å². The van der Waals surface area contributed by atoms with Crippen LogP contribution < -0.4 is 0 Å². The Morgan fingerprint density at radius 1 is 0.769 bits per heavy atom. The average Bonchev–Trinajstić information content (AvgIpc) is 3.35. The Kier molecular flexibility index (Phi) is 3.97. The number of rotatable bonds is 4. The second-order valence-electron chi connectivity index (χ2n) is 6.27. The molecule has 0 saturated heterocycles. The number of benzene rings is 2. The van der Waals surface area contributed by atoms with Crippen molar-refractivity contribution in [3.8, 4) is 11.4 Å². The molecule has 4 aromatic rings. The van der Waals surface area contributed by atoms with E-state index in [-0.39, 0.29) is 5.78 Å². The third-order valence-electron chi connectivity index (χ3n) is 4.30. The van der Waals surface area contributed by atoms with E-state index in [2.05, 4.69) is 10.2 Å². The maximum atomic E-state index is 13.5. The van der Waals surface area contributed by atoms with Gasteiger partial charge in [0.2, 0.25) is 0 Å². The fourth-order valence-corrected chi connectivity index (χ4v) is 3.03. The van der Waals surface area contributed by atoms with Crippen LogP contribution in [-0.4, -0.2) is 25.3 Å². The maximum Gasteiger partial charge on any atom is 0.197 e. The van der Waals surface area contributed by atoms with Gasteiger partial charge >= 0.3 is 0 Å². The van der Waals surface area contributed by atoms with Gasteiger partial charge < -0.3 is 0 Å². The summed E-state index contributed by atoms with van der Waals surface area (Å²) >= 11 is 0. The Morgan fingerprint density at radius 3 is 1.62 bits per heavy atom. The summed E-state index contributed by atoms with van der Waals surface area (Å²) in [4.78, 5) is 13.5. The van der Waals surface area contributed by atoms with Crippen molar-refractivity contribution in [1.82, 2.24) is 19.6 Å². The summed E-state index contributed by atoms with van der Waals surface area (Å²) in [5, 5.41) is 8.58. The molecule has 0 spiro atoms. The van der Waals surface area contributed by atoms with Crippen LogP contribution in [0.25, 0.3) is 11.4 Å². The number of carbonyl (C=O) groups is 1. The summed E-state index contributed by atoms with van der Waals surface area (Å²) in [6, 6.07) is 15.3. The molecule has 0 atom stereocenters. The number of aromatic nitrogens is 4. The molecule has 26 heavy (non-hydrogen) atoms. The van der Waals surface area contributed by atoms with Crippen molar-refractivity contribution in [2.75, 3.05) is 0 Å². The van der Waals surface area contributed by atoms with Gasteiger partial charge in [0.25, 0.3) is 0 Å². The molecular weight excluding hydrogens is 324 g/mol. The molecule has 0 aliphatic rings. The first kappa shape index (κ1) is 16.0. The van der Waals surface area contributed by atoms with Gasteiger partial charge in [-0.2, -0.15) is 10.2 Å². The number of hydrogen-bond acceptors (Lipinski definition) is 3. The van der Waals surface area contributed by atoms with Gasteiger partial charge in [0, 0.05) is 35.9 Å². The van der Waals surface area contributed by atoms with E-state index in [0.29, 0.717) is 11.1 Å². The molecule has 0 fully saturated rings. The zero-order valence-corrected chi connectivity index (χ0v) is 14.6. The summed E-state index contributed by atoms with van der Waals surface area (Å²) in [6.45, 7) is 3.96. The number of carbonyl (C=O) groups excluding carboxylic acids is 1. The van der Waals surface area contributed by atoms with Crippen molar-refractivity contribution in [2.45, 2.75) is 13.8 Å². The quantitative estimate of drug-likeness (QED) is 0.529. The molecule has 4 rings (SSSR count). The molecule has 0 saturated carbocycles. The minimum absolute atomic E-state index is 0.0478. The van der Waals surface area contributed by atoms with Crippen LogP contribution in [0.4, 0.5) is 0 Å². The lowest BCUT2D eigenvalue weighted by atomic mass is 9.97. The Labute approximate surface area is 151 Å². The van der Waals surface area contributed by atoms with Crippen LogP contribution in [0.5, 0.6) is 0 Å². The molecule has 2 aromatic carbocycles. The summed E-state index contributed by atoms with van der Waals surface area (Å²) in [5.74, 6) is -0.0478. The monoisotopic (exact) mass is 342 g/mol. The topological polar surface area (TPSA) is 52.7 Å². The first-order chi connectivity index (χ1) is 12.6. The molecule has 5 heteroatoms. The van der Waals surface area contributed by atoms with E-state index >= 15 is 0 Å². The van der Waals surface area contributed by atoms with Gasteiger partial charge in [0.1, 0.15) is 0 Å². The second-order valence-corrected chi connectivity index (χ2v) is 6.27. The Morgan fingerprint density at radius 2 is 1.23 bits per heavy atom. The second kappa shape index (κ2) is 6.44. The molecule has 0 amide bonds. The molecule has 0 radical (unpaired) electrons. The first-order valence-corrected chi connectivity index (χ1v) is 8.39. The van der Waals surface area contributed by atoms with Crippen LogP contribution in [0, 0.1) is 13.8 Å². The average molecular weight is 342 g/mol. The molecule has 128 valence electrons. The van der Waals surface area contributed by atoms with Crippen LogP contribution in [0.2, 0.25) is 0 Å². The van der Waals surface area contributed by atoms with Crippen molar-refractivity contribution in [1.29, 1.82) is 0 Å². The van der Waals surface area contributed by atoms with Gasteiger partial charge in [-0.15, -0.1) is 0 Å². The standard InChI is InChI=1S/C21H18N4O/c1-15-5-7-19(24-11-3-9-22-24)17(13-15)21(26)18-14-16(2)6-8-20(18)25-12-4-10-23-25/h3-14H,1-2H3. The lowest BCUT2D eigenvalue weighted by molar-refractivity contribution is 0.103. The smallest absolute Gasteiger partial charge is 0.197 e. The predicted molar refractivity (Wildman–Crippen MR) is 100 cm³/mol. The molecule has 5 nitrogen and oxygen atoms in total. The molecule has 0 aliphatic heterocycles. The van der Waals surface area contributed by atoms with E-state index in [4.69, 9.17) is 0 Å². The van der Waals surface area contributed by atoms with Crippen LogP contribution in [-0.2, 0) is 0 Å². The summed E-state index contributed by atoms with van der Waals surface area (Å²) in [5.41, 5.74) is 4.81. The third kappa shape index (κ3) is 2.84. The number of hydrogen-bond donors (Lipinski definition) is 0. The SMILES string of the molecule is Cc1ccc(-n2cccn2)c(C(=O)c2cc(C)ccc2-n2cccn2)c1. The molecule has 0 N–H and O–H groups in total. The normalized spacial score (nSPS) is 10.8. The fraction of sp³-hybridized carbons (Fsp3) is 0.0952. The zero-order chi connectivity index (χ0) is 18.1. The van der Waals surface area contributed by atoms with E-state index < -0.39 is 0 Å². The summed E-state index contributed by atoms with van der Waals surface area (Å²) in [7, 11) is 0. The van der Waals surface area contributed by atoms with Crippen LogP contribution in [0.1, 0.15) is 27.0 Å². The highest BCUT2D eigenvalue weighted by Gasteiger charge is 2.20. The minimum atomic E-state index is -0.0478. The molecule has 2 heterocycles. The highest BCUT2D eigenvalue weighted by atomic mass is 16.1. The van der Waals surface area contributed by atoms with Crippen molar-refractivity contribution in [2.24, 2.45) is 0 Å². The molecule has 0 unspecified atom stereocenters. The molecule has 0 aliphatic carbocycles. The number of ketones is 1. The van der Waals surface area contributed by atoms with Gasteiger partial charge in [0.05, 0.1) is 11.4 Å². The third-order valence-corrected chi connectivity index (χ3v) is 4.30. The van der Waals surface area contributed by atoms with Crippen molar-refractivity contribution >= 4 is 5.78 Å². The maximum absolute atomic E-state index is 13.5. The highest BCUT2D eigenvalue weighted by molar-refractivity contribution is 6.13. The summed E-state index contributed by atoms with van der Waals surface area (Å²) in [6.07, 6.45) is 7.09. The van der Waals surface area contributed by atoms with Crippen LogP contribution >= 0.6 is 0 Å². The van der Waals surface area contributed by atoms with E-state index in [0.717, 1.165) is 22.5 Å². The van der Waals surface area contributed by atoms with E-state index in [1.807, 2.05) is 74.8 Å². The predicted octanol–water partition coefficient (Wildman–Crippen LogP) is 3.91. The van der Waals surface area contributed by atoms with Gasteiger partial charge in [-0.05, 0) is 50.2 Å². The Bertz CT molecular complexity index is 978. The van der Waals surface area contributed by atoms with Gasteiger partial charge in [-0.3, -0.25) is 4.79 Å². The number of aryl methyl sites for hydroxylation is 2. The molecule has 0 bridgehead atoms. The summed E-state index contributed by atoms with van der Waals surface area (Å²) < 4.78 is 3.44. The largest absolute Gasteiger partial charge is 0.288 e. The fourth-order valence-electron chi connectivity index (χ4n) is 3.03. The Balaban J connectivity index is 1.90. The lowest BCUT2D eigenvalue weighted by Crippen LogP contribution is -2.12. The first-order valence-electron chi connectivity index (χ1n) is 8.39. The molecule has 2 aromatic heterocycles. The highest BCUT2D eigenvalue weighted by Crippen LogP contribution is 2.24. The van der Waals surface area contributed by atoms with Crippen molar-refractivity contribution in [3.63, 3.8) is 0 Å². The van der Waals surface area contributed by atoms with Crippen molar-refractivity contribution < 1.29 is 4.79 Å². The van der Waals surface area contributed by atoms with E-state index in [1.165, 1.54) is 0 Å². The van der Waals surface area contributed by atoms with Crippen LogP contribution in [0.3, 0.4) is 0 Å². The molecular formula is C21H18N4O. The lowest BCUT2D eigenvalue weighted by Gasteiger charge is -2.14. The zero-order valence-electron chi connectivity index (χ0n) is 14.6. The minimum Gasteiger partial charge on any atom is -0.288 e. The van der Waals surface area contributed by atoms with Crippen molar-refractivity contribution in [3.05, 3.63) is 95.6 Å². The van der Waals surface area contributed by atoms with E-state index in [1.54, 1.807) is 21.8 Å². The van der Waals surface area contributed by atoms with Gasteiger partial charge in [0.15, 0.2) is 5.78 Å². The Hall–Kier alpha value is -3.47. The number of nitrogens with zero attached hydrogens (tertiary/aromatic N) is 4. The van der Waals surface area contributed by atoms with E-state index in [9.17, 15) is 4.79 Å². The van der Waals surface area contributed by atoms with Gasteiger partial charge in [-0.1, -0.05) is 23.3 Å².